The van der Waals surface area contributed by atoms with Gasteiger partial charge in [0.2, 0.25) is 5.91 Å². The zero-order valence-electron chi connectivity index (χ0n) is 13.9. The summed E-state index contributed by atoms with van der Waals surface area (Å²) in [5.74, 6) is 1.04. The van der Waals surface area contributed by atoms with Crippen molar-refractivity contribution in [2.24, 2.45) is 5.92 Å². The van der Waals surface area contributed by atoms with E-state index in [9.17, 15) is 4.79 Å². The summed E-state index contributed by atoms with van der Waals surface area (Å²) >= 11 is 1.40. The number of hydrogen-bond donors (Lipinski definition) is 1. The lowest BCUT2D eigenvalue weighted by Crippen LogP contribution is -2.34. The Labute approximate surface area is 141 Å². The van der Waals surface area contributed by atoms with Crippen LogP contribution in [-0.2, 0) is 4.79 Å². The van der Waals surface area contributed by atoms with Crippen LogP contribution in [0.1, 0.15) is 33.6 Å². The molecule has 0 saturated carbocycles. The summed E-state index contributed by atoms with van der Waals surface area (Å²) in [6, 6.07) is 10.1. The number of para-hydroxylation sites is 1. The van der Waals surface area contributed by atoms with Crippen molar-refractivity contribution in [2.75, 3.05) is 5.75 Å². The van der Waals surface area contributed by atoms with Crippen molar-refractivity contribution in [1.29, 1.82) is 0 Å². The summed E-state index contributed by atoms with van der Waals surface area (Å²) in [6.45, 7) is 6.44. The van der Waals surface area contributed by atoms with Crippen molar-refractivity contribution in [2.45, 2.75) is 44.8 Å². The van der Waals surface area contributed by atoms with E-state index in [2.05, 4.69) is 36.3 Å². The van der Waals surface area contributed by atoms with Gasteiger partial charge in [0.25, 0.3) is 0 Å². The molecule has 0 saturated heterocycles. The zero-order valence-corrected chi connectivity index (χ0v) is 14.7. The van der Waals surface area contributed by atoms with Gasteiger partial charge in [-0.3, -0.25) is 9.36 Å². The number of rotatable bonds is 8. The molecule has 0 aliphatic rings. The van der Waals surface area contributed by atoms with Crippen molar-refractivity contribution in [3.8, 4) is 5.69 Å². The summed E-state index contributed by atoms with van der Waals surface area (Å²) in [4.78, 5) is 12.1. The predicted octanol–water partition coefficient (Wildman–Crippen LogP) is 3.30. The number of carbonyl (C=O) groups excluding carboxylic acids is 1. The van der Waals surface area contributed by atoms with Crippen LogP contribution >= 0.6 is 11.8 Å². The molecule has 0 aliphatic heterocycles. The van der Waals surface area contributed by atoms with Crippen molar-refractivity contribution >= 4 is 17.7 Å². The lowest BCUT2D eigenvalue weighted by Gasteiger charge is -2.14. The fraction of sp³-hybridized carbons (Fsp3) is 0.471. The first-order valence-electron chi connectivity index (χ1n) is 7.94. The highest BCUT2D eigenvalue weighted by Gasteiger charge is 2.12. The molecule has 6 heteroatoms. The molecular weight excluding hydrogens is 308 g/mol. The van der Waals surface area contributed by atoms with Gasteiger partial charge in [-0.1, -0.05) is 43.8 Å². The Morgan fingerprint density at radius 2 is 1.96 bits per heavy atom. The number of carbonyl (C=O) groups is 1. The van der Waals surface area contributed by atoms with Crippen LogP contribution in [0.15, 0.2) is 41.8 Å². The Morgan fingerprint density at radius 3 is 2.65 bits per heavy atom. The maximum Gasteiger partial charge on any atom is 0.230 e. The number of aromatic nitrogens is 3. The van der Waals surface area contributed by atoms with Crippen molar-refractivity contribution < 1.29 is 4.79 Å². The Bertz CT molecular complexity index is 612. The third-order valence-corrected chi connectivity index (χ3v) is 4.41. The molecule has 0 fully saturated rings. The van der Waals surface area contributed by atoms with Crippen molar-refractivity contribution in [1.82, 2.24) is 20.1 Å². The first-order chi connectivity index (χ1) is 11.1. The molecule has 1 N–H and O–H groups in total. The van der Waals surface area contributed by atoms with E-state index in [0.29, 0.717) is 11.7 Å². The maximum absolute atomic E-state index is 12.1. The Hall–Kier alpha value is -1.82. The quantitative estimate of drug-likeness (QED) is 0.754. The first-order valence-corrected chi connectivity index (χ1v) is 8.92. The van der Waals surface area contributed by atoms with Crippen LogP contribution in [0.4, 0.5) is 0 Å². The molecule has 1 aromatic heterocycles. The Morgan fingerprint density at radius 1 is 1.22 bits per heavy atom. The van der Waals surface area contributed by atoms with Gasteiger partial charge in [0.15, 0.2) is 5.16 Å². The van der Waals surface area contributed by atoms with Crippen LogP contribution in [-0.4, -0.2) is 32.5 Å². The number of nitrogens with one attached hydrogen (secondary N) is 1. The zero-order chi connectivity index (χ0) is 16.7. The number of hydrogen-bond acceptors (Lipinski definition) is 4. The summed E-state index contributed by atoms with van der Waals surface area (Å²) in [6.07, 6.45) is 3.80. The fourth-order valence-corrected chi connectivity index (χ4v) is 2.93. The monoisotopic (exact) mass is 332 g/mol. The minimum Gasteiger partial charge on any atom is -0.353 e. The molecule has 2 aromatic rings. The third-order valence-electron chi connectivity index (χ3n) is 3.47. The maximum atomic E-state index is 12.1. The summed E-state index contributed by atoms with van der Waals surface area (Å²) in [5.41, 5.74) is 0.991. The molecule has 0 bridgehead atoms. The second kappa shape index (κ2) is 8.72. The number of amides is 1. The van der Waals surface area contributed by atoms with Gasteiger partial charge in [-0.15, -0.1) is 10.2 Å². The molecule has 1 amide bonds. The largest absolute Gasteiger partial charge is 0.353 e. The highest BCUT2D eigenvalue weighted by atomic mass is 32.2. The normalized spacial score (nSPS) is 12.3. The van der Waals surface area contributed by atoms with Crippen molar-refractivity contribution in [3.05, 3.63) is 36.7 Å². The fourth-order valence-electron chi connectivity index (χ4n) is 2.19. The first kappa shape index (κ1) is 17.5. The minimum atomic E-state index is 0.0360. The molecule has 1 heterocycles. The molecule has 2 rings (SSSR count). The van der Waals surface area contributed by atoms with E-state index in [0.717, 1.165) is 23.7 Å². The van der Waals surface area contributed by atoms with E-state index in [-0.39, 0.29) is 11.9 Å². The highest BCUT2D eigenvalue weighted by Crippen LogP contribution is 2.19. The average molecular weight is 332 g/mol. The molecule has 1 atom stereocenters. The smallest absolute Gasteiger partial charge is 0.230 e. The second-order valence-corrected chi connectivity index (χ2v) is 6.99. The average Bonchev–Trinajstić information content (AvgIpc) is 3.00. The van der Waals surface area contributed by atoms with E-state index in [1.807, 2.05) is 34.9 Å². The molecule has 5 nitrogen and oxygen atoms in total. The van der Waals surface area contributed by atoms with Gasteiger partial charge in [-0.25, -0.2) is 0 Å². The van der Waals surface area contributed by atoms with E-state index < -0.39 is 0 Å². The molecule has 0 spiro atoms. The summed E-state index contributed by atoms with van der Waals surface area (Å²) < 4.78 is 1.89. The van der Waals surface area contributed by atoms with Crippen LogP contribution in [0.2, 0.25) is 0 Å². The molecular formula is C17H24N4OS. The number of nitrogens with zero attached hydrogens (tertiary/aromatic N) is 3. The standard InChI is InChI=1S/C17H24N4OS/c1-13(2)9-10-14(3)19-16(22)11-23-17-20-18-12-21(17)15-7-5-4-6-8-15/h4-8,12-14H,9-11H2,1-3H3,(H,19,22)/t14-/m1/s1. The van der Waals surface area contributed by atoms with E-state index in [1.165, 1.54) is 11.8 Å². The second-order valence-electron chi connectivity index (χ2n) is 6.05. The van der Waals surface area contributed by atoms with Gasteiger partial charge in [-0.05, 0) is 37.8 Å². The Kier molecular flexibility index (Phi) is 6.65. The van der Waals surface area contributed by atoms with E-state index in [1.54, 1.807) is 6.33 Å². The van der Waals surface area contributed by atoms with Gasteiger partial charge in [0, 0.05) is 11.7 Å². The lowest BCUT2D eigenvalue weighted by molar-refractivity contribution is -0.119. The van der Waals surface area contributed by atoms with E-state index in [4.69, 9.17) is 0 Å². The van der Waals surface area contributed by atoms with Crippen LogP contribution in [0.5, 0.6) is 0 Å². The van der Waals surface area contributed by atoms with E-state index >= 15 is 0 Å². The number of benzene rings is 1. The van der Waals surface area contributed by atoms with Gasteiger partial charge in [-0.2, -0.15) is 0 Å². The third kappa shape index (κ3) is 5.71. The van der Waals surface area contributed by atoms with Gasteiger partial charge >= 0.3 is 0 Å². The van der Waals surface area contributed by atoms with Crippen LogP contribution in [0.25, 0.3) is 5.69 Å². The van der Waals surface area contributed by atoms with Gasteiger partial charge < -0.3 is 5.32 Å². The Balaban J connectivity index is 1.85. The predicted molar refractivity (Wildman–Crippen MR) is 93.8 cm³/mol. The minimum absolute atomic E-state index is 0.0360. The molecule has 0 aliphatic carbocycles. The van der Waals surface area contributed by atoms with Crippen LogP contribution in [0.3, 0.4) is 0 Å². The van der Waals surface area contributed by atoms with Gasteiger partial charge in [0.1, 0.15) is 6.33 Å². The molecule has 0 unspecified atom stereocenters. The summed E-state index contributed by atoms with van der Waals surface area (Å²) in [7, 11) is 0. The SMILES string of the molecule is CC(C)CC[C@@H](C)NC(=O)CSc1nncn1-c1ccccc1. The molecule has 1 aromatic carbocycles. The molecule has 124 valence electrons. The molecule has 23 heavy (non-hydrogen) atoms. The molecule has 0 radical (unpaired) electrons. The lowest BCUT2D eigenvalue weighted by atomic mass is 10.0. The van der Waals surface area contributed by atoms with Crippen LogP contribution < -0.4 is 5.32 Å². The van der Waals surface area contributed by atoms with Crippen LogP contribution in [0, 0.1) is 5.92 Å². The number of thioether (sulfide) groups is 1. The topological polar surface area (TPSA) is 59.8 Å². The highest BCUT2D eigenvalue weighted by molar-refractivity contribution is 7.99. The van der Waals surface area contributed by atoms with Crippen molar-refractivity contribution in [3.63, 3.8) is 0 Å². The summed E-state index contributed by atoms with van der Waals surface area (Å²) in [5, 5.41) is 11.8. The van der Waals surface area contributed by atoms with Gasteiger partial charge in [0.05, 0.1) is 5.75 Å².